The van der Waals surface area contributed by atoms with Crippen LogP contribution >= 0.6 is 12.2 Å². The fourth-order valence-corrected chi connectivity index (χ4v) is 4.95. The van der Waals surface area contributed by atoms with E-state index in [9.17, 15) is 8.42 Å². The number of unbranched alkanes of at least 4 members (excludes halogenated alkanes) is 1. The van der Waals surface area contributed by atoms with E-state index in [-0.39, 0.29) is 17.5 Å². The van der Waals surface area contributed by atoms with Crippen LogP contribution in [-0.4, -0.2) is 42.5 Å². The molecule has 2 rings (SSSR count). The van der Waals surface area contributed by atoms with Crippen molar-refractivity contribution < 1.29 is 8.42 Å². The Morgan fingerprint density at radius 2 is 2.13 bits per heavy atom. The number of rotatable bonds is 5. The van der Waals surface area contributed by atoms with Crippen LogP contribution in [0.2, 0.25) is 0 Å². The first-order valence-corrected chi connectivity index (χ1v) is 10.4. The summed E-state index contributed by atoms with van der Waals surface area (Å²) in [6.45, 7) is 7.07. The molecule has 1 aliphatic heterocycles. The van der Waals surface area contributed by atoms with E-state index in [2.05, 4.69) is 37.1 Å². The molecule has 0 saturated carbocycles. The third kappa shape index (κ3) is 4.67. The van der Waals surface area contributed by atoms with Gasteiger partial charge in [0.05, 0.1) is 11.5 Å². The first kappa shape index (κ1) is 18.2. The topological polar surface area (TPSA) is 49.4 Å². The van der Waals surface area contributed by atoms with E-state index in [1.165, 1.54) is 11.1 Å². The van der Waals surface area contributed by atoms with E-state index in [1.807, 2.05) is 12.1 Å². The molecular formula is C17H26N2O2S2. The highest BCUT2D eigenvalue weighted by Gasteiger charge is 2.33. The second-order valence-corrected chi connectivity index (χ2v) is 8.90. The number of nitrogens with one attached hydrogen (secondary N) is 1. The highest BCUT2D eigenvalue weighted by molar-refractivity contribution is 7.91. The van der Waals surface area contributed by atoms with Crippen molar-refractivity contribution in [1.29, 1.82) is 0 Å². The number of anilines is 1. The van der Waals surface area contributed by atoms with Gasteiger partial charge in [-0.3, -0.25) is 0 Å². The van der Waals surface area contributed by atoms with Gasteiger partial charge in [-0.05, 0) is 56.1 Å². The van der Waals surface area contributed by atoms with Crippen molar-refractivity contribution >= 4 is 32.9 Å². The zero-order chi connectivity index (χ0) is 17.0. The highest BCUT2D eigenvalue weighted by atomic mass is 32.2. The van der Waals surface area contributed by atoms with Crippen molar-refractivity contribution in [2.75, 3.05) is 23.4 Å². The minimum atomic E-state index is -2.92. The molecule has 23 heavy (non-hydrogen) atoms. The van der Waals surface area contributed by atoms with Gasteiger partial charge in [-0.2, -0.15) is 0 Å². The largest absolute Gasteiger partial charge is 0.345 e. The average Bonchev–Trinajstić information content (AvgIpc) is 2.84. The van der Waals surface area contributed by atoms with Crippen molar-refractivity contribution in [3.8, 4) is 0 Å². The van der Waals surface area contributed by atoms with Crippen molar-refractivity contribution in [2.24, 2.45) is 0 Å². The van der Waals surface area contributed by atoms with Gasteiger partial charge in [-0.25, -0.2) is 8.42 Å². The molecule has 0 spiro atoms. The normalized spacial score (nSPS) is 19.5. The molecule has 0 bridgehead atoms. The Labute approximate surface area is 145 Å². The van der Waals surface area contributed by atoms with Crippen molar-refractivity contribution in [3.05, 3.63) is 29.3 Å². The van der Waals surface area contributed by atoms with Crippen LogP contribution in [0.3, 0.4) is 0 Å². The number of sulfone groups is 1. The quantitative estimate of drug-likeness (QED) is 0.822. The lowest BCUT2D eigenvalue weighted by molar-refractivity contribution is 0.333. The average molecular weight is 355 g/mol. The molecule has 1 fully saturated rings. The molecule has 1 saturated heterocycles. The smallest absolute Gasteiger partial charge is 0.173 e. The lowest BCUT2D eigenvalue weighted by atomic mass is 10.1. The molecule has 0 unspecified atom stereocenters. The SMILES string of the molecule is CCCCN(C(=S)Nc1cccc(C)c1C)[C@@H]1CCS(=O)(=O)C1. The molecule has 6 heteroatoms. The molecule has 1 atom stereocenters. The molecule has 0 amide bonds. The Bertz CT molecular complexity index is 671. The summed E-state index contributed by atoms with van der Waals surface area (Å²) in [7, 11) is -2.92. The van der Waals surface area contributed by atoms with E-state index in [0.29, 0.717) is 11.5 Å². The second kappa shape index (κ2) is 7.62. The first-order chi connectivity index (χ1) is 10.8. The van der Waals surface area contributed by atoms with Gasteiger partial charge in [-0.1, -0.05) is 25.5 Å². The van der Waals surface area contributed by atoms with Gasteiger partial charge in [0.25, 0.3) is 0 Å². The van der Waals surface area contributed by atoms with Gasteiger partial charge < -0.3 is 10.2 Å². The van der Waals surface area contributed by atoms with Crippen LogP contribution in [0, 0.1) is 13.8 Å². The van der Waals surface area contributed by atoms with Gasteiger partial charge >= 0.3 is 0 Å². The standard InChI is InChI=1S/C17H26N2O2S2/c1-4-5-10-19(15-9-11-23(20,21)12-15)17(22)18-16-8-6-7-13(2)14(16)3/h6-8,15H,4-5,9-12H2,1-3H3,(H,18,22)/t15-/m1/s1. The van der Waals surface area contributed by atoms with E-state index in [0.717, 1.165) is 25.1 Å². The van der Waals surface area contributed by atoms with Crippen LogP contribution in [0.5, 0.6) is 0 Å². The predicted octanol–water partition coefficient (Wildman–Crippen LogP) is 3.29. The van der Waals surface area contributed by atoms with Crippen LogP contribution in [0.1, 0.15) is 37.3 Å². The molecule has 1 N–H and O–H groups in total. The van der Waals surface area contributed by atoms with E-state index >= 15 is 0 Å². The highest BCUT2D eigenvalue weighted by Crippen LogP contribution is 2.22. The van der Waals surface area contributed by atoms with Gasteiger partial charge in [0.1, 0.15) is 0 Å². The molecule has 4 nitrogen and oxygen atoms in total. The minimum Gasteiger partial charge on any atom is -0.345 e. The summed E-state index contributed by atoms with van der Waals surface area (Å²) in [5, 5.41) is 3.96. The van der Waals surface area contributed by atoms with Crippen LogP contribution in [0.25, 0.3) is 0 Å². The zero-order valence-electron chi connectivity index (χ0n) is 14.1. The summed E-state index contributed by atoms with van der Waals surface area (Å²) in [6, 6.07) is 6.08. The summed E-state index contributed by atoms with van der Waals surface area (Å²) < 4.78 is 23.6. The van der Waals surface area contributed by atoms with Crippen LogP contribution in [-0.2, 0) is 9.84 Å². The fraction of sp³-hybridized carbons (Fsp3) is 0.588. The van der Waals surface area contributed by atoms with Crippen LogP contribution in [0.4, 0.5) is 5.69 Å². The summed E-state index contributed by atoms with van der Waals surface area (Å²) in [4.78, 5) is 2.07. The molecule has 1 aromatic rings. The van der Waals surface area contributed by atoms with Gasteiger partial charge in [0, 0.05) is 18.3 Å². The summed E-state index contributed by atoms with van der Waals surface area (Å²) in [5.74, 6) is 0.484. The van der Waals surface area contributed by atoms with Crippen molar-refractivity contribution in [1.82, 2.24) is 4.90 Å². The third-order valence-electron chi connectivity index (χ3n) is 4.51. The molecule has 0 aliphatic carbocycles. The molecule has 1 aromatic carbocycles. The number of thiocarbonyl (C=S) groups is 1. The Morgan fingerprint density at radius 1 is 1.39 bits per heavy atom. The Morgan fingerprint density at radius 3 is 2.74 bits per heavy atom. The Hall–Kier alpha value is -1.14. The van der Waals surface area contributed by atoms with Crippen molar-refractivity contribution in [2.45, 2.75) is 46.1 Å². The molecule has 0 aromatic heterocycles. The van der Waals surface area contributed by atoms with Gasteiger partial charge in [-0.15, -0.1) is 0 Å². The zero-order valence-corrected chi connectivity index (χ0v) is 15.8. The van der Waals surface area contributed by atoms with Gasteiger partial charge in [0.2, 0.25) is 0 Å². The van der Waals surface area contributed by atoms with Gasteiger partial charge in [0.15, 0.2) is 14.9 Å². The first-order valence-electron chi connectivity index (χ1n) is 8.18. The molecule has 0 radical (unpaired) electrons. The van der Waals surface area contributed by atoms with Crippen LogP contribution < -0.4 is 5.32 Å². The Kier molecular flexibility index (Phi) is 6.03. The minimum absolute atomic E-state index is 0.00309. The predicted molar refractivity (Wildman–Crippen MR) is 101 cm³/mol. The lowest BCUT2D eigenvalue weighted by Gasteiger charge is -2.31. The van der Waals surface area contributed by atoms with Crippen LogP contribution in [0.15, 0.2) is 18.2 Å². The molecule has 128 valence electrons. The molecular weight excluding hydrogens is 328 g/mol. The van der Waals surface area contributed by atoms with E-state index in [4.69, 9.17) is 12.2 Å². The summed E-state index contributed by atoms with van der Waals surface area (Å²) >= 11 is 5.61. The number of nitrogens with zero attached hydrogens (tertiary/aromatic N) is 1. The fourth-order valence-electron chi connectivity index (χ4n) is 2.87. The monoisotopic (exact) mass is 354 g/mol. The summed E-state index contributed by atoms with van der Waals surface area (Å²) in [5.41, 5.74) is 3.38. The second-order valence-electron chi connectivity index (χ2n) is 6.28. The maximum absolute atomic E-state index is 11.8. The number of hydrogen-bond donors (Lipinski definition) is 1. The Balaban J connectivity index is 2.15. The number of benzene rings is 1. The lowest BCUT2D eigenvalue weighted by Crippen LogP contribution is -2.44. The van der Waals surface area contributed by atoms with E-state index in [1.54, 1.807) is 0 Å². The summed E-state index contributed by atoms with van der Waals surface area (Å²) in [6.07, 6.45) is 2.73. The van der Waals surface area contributed by atoms with Crippen molar-refractivity contribution in [3.63, 3.8) is 0 Å². The maximum atomic E-state index is 11.8. The maximum Gasteiger partial charge on any atom is 0.173 e. The third-order valence-corrected chi connectivity index (χ3v) is 6.60. The molecule has 1 heterocycles. The number of hydrogen-bond acceptors (Lipinski definition) is 3. The van der Waals surface area contributed by atoms with E-state index < -0.39 is 9.84 Å². The number of aryl methyl sites for hydroxylation is 1. The molecule has 1 aliphatic rings.